The van der Waals surface area contributed by atoms with Crippen LogP contribution in [0.3, 0.4) is 0 Å². The minimum atomic E-state index is 0. The van der Waals surface area contributed by atoms with Gasteiger partial charge >= 0.3 is 0 Å². The molecule has 4 nitrogen and oxygen atoms in total. The fourth-order valence-electron chi connectivity index (χ4n) is 2.33. The Morgan fingerprint density at radius 3 is 3.06 bits per heavy atom. The molecule has 0 spiro atoms. The molecule has 0 aromatic carbocycles. The molecule has 1 aliphatic heterocycles. The van der Waals surface area contributed by atoms with E-state index in [0.29, 0.717) is 6.04 Å². The van der Waals surface area contributed by atoms with Gasteiger partial charge in [-0.15, -0.1) is 12.4 Å². The van der Waals surface area contributed by atoms with Crippen LogP contribution in [0.1, 0.15) is 31.9 Å². The molecule has 1 saturated heterocycles. The van der Waals surface area contributed by atoms with E-state index in [1.807, 2.05) is 0 Å². The molecule has 1 aromatic heterocycles. The number of hydrogen-bond donors (Lipinski definition) is 1. The first kappa shape index (κ1) is 13.5. The van der Waals surface area contributed by atoms with Gasteiger partial charge in [-0.2, -0.15) is 0 Å². The summed E-state index contributed by atoms with van der Waals surface area (Å²) >= 11 is 0. The van der Waals surface area contributed by atoms with Gasteiger partial charge in [-0.1, -0.05) is 6.42 Å². The average molecular weight is 246 g/mol. The Morgan fingerprint density at radius 1 is 1.62 bits per heavy atom. The van der Waals surface area contributed by atoms with Crippen molar-refractivity contribution < 1.29 is 4.42 Å². The van der Waals surface area contributed by atoms with Crippen LogP contribution in [-0.2, 0) is 6.54 Å². The lowest BCUT2D eigenvalue weighted by Crippen LogP contribution is -2.48. The molecule has 0 aliphatic carbocycles. The maximum atomic E-state index is 6.00. The molecule has 5 heteroatoms. The summed E-state index contributed by atoms with van der Waals surface area (Å²) in [6, 6.07) is 0.729. The van der Waals surface area contributed by atoms with Crippen molar-refractivity contribution in [3.8, 4) is 0 Å². The van der Waals surface area contributed by atoms with Crippen LogP contribution in [0.25, 0.3) is 0 Å². The van der Waals surface area contributed by atoms with Crippen molar-refractivity contribution in [1.82, 2.24) is 9.88 Å². The standard InChI is InChI=1S/C11H19N3O.ClH/c1-9(12)11-4-2-3-5-14(11)6-10-7-15-8-13-10;/h7-9,11H,2-6,12H2,1H3;1H. The number of aromatic nitrogens is 1. The predicted octanol–water partition coefficient (Wildman–Crippen LogP) is 1.80. The molecule has 2 N–H and O–H groups in total. The van der Waals surface area contributed by atoms with Crippen LogP contribution in [0, 0.1) is 0 Å². The first-order valence-electron chi connectivity index (χ1n) is 5.64. The van der Waals surface area contributed by atoms with Gasteiger partial charge in [0.1, 0.15) is 6.26 Å². The Kier molecular flexibility index (Phi) is 5.25. The number of likely N-dealkylation sites (tertiary alicyclic amines) is 1. The van der Waals surface area contributed by atoms with Crippen LogP contribution in [0.15, 0.2) is 17.1 Å². The minimum Gasteiger partial charge on any atom is -0.451 e. The van der Waals surface area contributed by atoms with Gasteiger partial charge in [0.05, 0.1) is 5.69 Å². The molecule has 92 valence electrons. The summed E-state index contributed by atoms with van der Waals surface area (Å²) in [6.07, 6.45) is 6.96. The predicted molar refractivity (Wildman–Crippen MR) is 65.4 cm³/mol. The van der Waals surface area contributed by atoms with Crippen molar-refractivity contribution in [3.63, 3.8) is 0 Å². The van der Waals surface area contributed by atoms with Crippen LogP contribution in [-0.4, -0.2) is 28.5 Å². The normalized spacial score (nSPS) is 23.8. The number of oxazole rings is 1. The molecule has 1 aromatic rings. The van der Waals surface area contributed by atoms with Crippen molar-refractivity contribution in [3.05, 3.63) is 18.4 Å². The van der Waals surface area contributed by atoms with E-state index in [1.54, 1.807) is 6.26 Å². The summed E-state index contributed by atoms with van der Waals surface area (Å²) in [5.41, 5.74) is 7.00. The lowest BCUT2D eigenvalue weighted by atomic mass is 9.97. The average Bonchev–Trinajstić information content (AvgIpc) is 2.71. The van der Waals surface area contributed by atoms with Crippen LogP contribution in [0.4, 0.5) is 0 Å². The molecule has 2 unspecified atom stereocenters. The number of piperidine rings is 1. The number of nitrogens with two attached hydrogens (primary N) is 1. The summed E-state index contributed by atoms with van der Waals surface area (Å²) in [5, 5.41) is 0. The Labute approximate surface area is 103 Å². The molecule has 2 heterocycles. The zero-order valence-corrected chi connectivity index (χ0v) is 10.4. The quantitative estimate of drug-likeness (QED) is 0.882. The first-order valence-corrected chi connectivity index (χ1v) is 5.64. The van der Waals surface area contributed by atoms with Gasteiger partial charge in [0.25, 0.3) is 0 Å². The molecule has 0 bridgehead atoms. The fourth-order valence-corrected chi connectivity index (χ4v) is 2.33. The van der Waals surface area contributed by atoms with Crippen molar-refractivity contribution in [1.29, 1.82) is 0 Å². The number of nitrogens with zero attached hydrogens (tertiary/aromatic N) is 2. The minimum absolute atomic E-state index is 0. The van der Waals surface area contributed by atoms with Gasteiger partial charge in [-0.3, -0.25) is 4.90 Å². The van der Waals surface area contributed by atoms with E-state index < -0.39 is 0 Å². The Balaban J connectivity index is 0.00000128. The third-order valence-electron chi connectivity index (χ3n) is 3.12. The van der Waals surface area contributed by atoms with Gasteiger partial charge < -0.3 is 10.2 Å². The van der Waals surface area contributed by atoms with Crippen LogP contribution in [0.2, 0.25) is 0 Å². The van der Waals surface area contributed by atoms with E-state index in [-0.39, 0.29) is 18.4 Å². The second-order valence-electron chi connectivity index (χ2n) is 4.37. The zero-order valence-electron chi connectivity index (χ0n) is 9.63. The first-order chi connectivity index (χ1) is 7.27. The summed E-state index contributed by atoms with van der Waals surface area (Å²) in [5.74, 6) is 0. The second kappa shape index (κ2) is 6.23. The van der Waals surface area contributed by atoms with E-state index in [2.05, 4.69) is 16.8 Å². The van der Waals surface area contributed by atoms with E-state index in [0.717, 1.165) is 18.8 Å². The molecule has 1 aliphatic rings. The fraction of sp³-hybridized carbons (Fsp3) is 0.727. The smallest absolute Gasteiger partial charge is 0.180 e. The lowest BCUT2D eigenvalue weighted by Gasteiger charge is -2.37. The van der Waals surface area contributed by atoms with Gasteiger partial charge in [0, 0.05) is 18.6 Å². The number of halogens is 1. The van der Waals surface area contributed by atoms with Gasteiger partial charge in [0.15, 0.2) is 6.39 Å². The molecule has 1 fully saturated rings. The molecule has 0 amide bonds. The molecule has 2 atom stereocenters. The summed E-state index contributed by atoms with van der Waals surface area (Å²) in [4.78, 5) is 6.58. The van der Waals surface area contributed by atoms with Crippen LogP contribution in [0.5, 0.6) is 0 Å². The third kappa shape index (κ3) is 3.20. The largest absolute Gasteiger partial charge is 0.451 e. The maximum Gasteiger partial charge on any atom is 0.180 e. The summed E-state index contributed by atoms with van der Waals surface area (Å²) in [7, 11) is 0. The monoisotopic (exact) mass is 245 g/mol. The highest BCUT2D eigenvalue weighted by molar-refractivity contribution is 5.85. The SMILES string of the molecule is CC(N)C1CCCCN1Cc1cocn1.Cl. The maximum absolute atomic E-state index is 6.00. The van der Waals surface area contributed by atoms with Crippen molar-refractivity contribution in [2.75, 3.05) is 6.54 Å². The highest BCUT2D eigenvalue weighted by atomic mass is 35.5. The second-order valence-corrected chi connectivity index (χ2v) is 4.37. The number of hydrogen-bond acceptors (Lipinski definition) is 4. The number of rotatable bonds is 3. The lowest BCUT2D eigenvalue weighted by molar-refractivity contribution is 0.121. The van der Waals surface area contributed by atoms with Crippen LogP contribution < -0.4 is 5.73 Å². The molecular weight excluding hydrogens is 226 g/mol. The summed E-state index contributed by atoms with van der Waals surface area (Å²) < 4.78 is 4.98. The highest BCUT2D eigenvalue weighted by Gasteiger charge is 2.25. The topological polar surface area (TPSA) is 55.3 Å². The molecule has 2 rings (SSSR count). The molecule has 16 heavy (non-hydrogen) atoms. The van der Waals surface area contributed by atoms with Crippen molar-refractivity contribution in [2.45, 2.75) is 44.8 Å². The van der Waals surface area contributed by atoms with Gasteiger partial charge in [-0.05, 0) is 26.3 Å². The Morgan fingerprint density at radius 2 is 2.44 bits per heavy atom. The van der Waals surface area contributed by atoms with Crippen LogP contribution >= 0.6 is 12.4 Å². The third-order valence-corrected chi connectivity index (χ3v) is 3.12. The van der Waals surface area contributed by atoms with E-state index in [4.69, 9.17) is 10.2 Å². The zero-order chi connectivity index (χ0) is 10.7. The highest BCUT2D eigenvalue weighted by Crippen LogP contribution is 2.20. The van der Waals surface area contributed by atoms with E-state index in [9.17, 15) is 0 Å². The summed E-state index contributed by atoms with van der Waals surface area (Å²) in [6.45, 7) is 4.08. The van der Waals surface area contributed by atoms with Gasteiger partial charge in [0.2, 0.25) is 0 Å². The Hall–Kier alpha value is -0.580. The molecular formula is C11H20ClN3O. The Bertz CT molecular complexity index is 289. The molecule has 0 radical (unpaired) electrons. The van der Waals surface area contributed by atoms with Crippen molar-refractivity contribution in [2.24, 2.45) is 5.73 Å². The van der Waals surface area contributed by atoms with E-state index in [1.165, 1.54) is 25.7 Å². The van der Waals surface area contributed by atoms with E-state index >= 15 is 0 Å². The molecule has 0 saturated carbocycles. The van der Waals surface area contributed by atoms with Crippen molar-refractivity contribution >= 4 is 12.4 Å². The van der Waals surface area contributed by atoms with Gasteiger partial charge in [-0.25, -0.2) is 4.98 Å².